The highest BCUT2D eigenvalue weighted by Gasteiger charge is 2.31. The lowest BCUT2D eigenvalue weighted by Gasteiger charge is -2.21. The van der Waals surface area contributed by atoms with E-state index in [0.717, 1.165) is 22.3 Å². The van der Waals surface area contributed by atoms with Gasteiger partial charge in [0.25, 0.3) is 5.91 Å². The van der Waals surface area contributed by atoms with Gasteiger partial charge in [-0.05, 0) is 47.9 Å². The third-order valence-corrected chi connectivity index (χ3v) is 5.10. The van der Waals surface area contributed by atoms with Crippen LogP contribution < -0.4 is 10.2 Å². The molecule has 1 unspecified atom stereocenters. The molecule has 1 aliphatic rings. The van der Waals surface area contributed by atoms with Gasteiger partial charge in [-0.25, -0.2) is 0 Å². The Labute approximate surface area is 164 Å². The van der Waals surface area contributed by atoms with E-state index in [1.807, 2.05) is 61.5 Å². The Bertz CT molecular complexity index is 1030. The lowest BCUT2D eigenvalue weighted by molar-refractivity contribution is -0.120. The van der Waals surface area contributed by atoms with Crippen LogP contribution in [0.2, 0.25) is 0 Å². The summed E-state index contributed by atoms with van der Waals surface area (Å²) in [5.74, 6) is -0.330. The molecule has 0 bridgehead atoms. The number of rotatable bonds is 3. The minimum absolute atomic E-state index is 0.117. The Morgan fingerprint density at radius 3 is 2.36 bits per heavy atom. The van der Waals surface area contributed by atoms with Gasteiger partial charge in [0.2, 0.25) is 5.91 Å². The number of aromatic nitrogens is 1. The zero-order valence-electron chi connectivity index (χ0n) is 15.8. The van der Waals surface area contributed by atoms with Crippen LogP contribution in [-0.4, -0.2) is 29.9 Å². The van der Waals surface area contributed by atoms with Crippen molar-refractivity contribution in [1.82, 2.24) is 10.3 Å². The van der Waals surface area contributed by atoms with Gasteiger partial charge in [0, 0.05) is 25.9 Å². The van der Waals surface area contributed by atoms with Crippen LogP contribution >= 0.6 is 0 Å². The Kier molecular flexibility index (Phi) is 4.65. The largest absolute Gasteiger partial charge is 0.340 e. The SMILES string of the molecule is Cc1ccc2c(c1)C(=O)NC(Cc1ccc(-c3ccncc3)cc1)C(=O)N2C. The van der Waals surface area contributed by atoms with Crippen molar-refractivity contribution in [2.75, 3.05) is 11.9 Å². The summed E-state index contributed by atoms with van der Waals surface area (Å²) in [6.45, 7) is 1.93. The Morgan fingerprint density at radius 1 is 0.964 bits per heavy atom. The summed E-state index contributed by atoms with van der Waals surface area (Å²) in [4.78, 5) is 31.2. The van der Waals surface area contributed by atoms with E-state index in [4.69, 9.17) is 0 Å². The number of aryl methyl sites for hydroxylation is 1. The maximum Gasteiger partial charge on any atom is 0.254 e. The van der Waals surface area contributed by atoms with Crippen molar-refractivity contribution in [3.05, 3.63) is 83.7 Å². The van der Waals surface area contributed by atoms with Crippen LogP contribution in [0.1, 0.15) is 21.5 Å². The highest BCUT2D eigenvalue weighted by Crippen LogP contribution is 2.25. The molecule has 28 heavy (non-hydrogen) atoms. The number of carbonyl (C=O) groups is 2. The first-order valence-electron chi connectivity index (χ1n) is 9.21. The fourth-order valence-corrected chi connectivity index (χ4v) is 3.53. The van der Waals surface area contributed by atoms with Gasteiger partial charge in [-0.15, -0.1) is 0 Å². The van der Waals surface area contributed by atoms with Gasteiger partial charge in [-0.3, -0.25) is 14.6 Å². The van der Waals surface area contributed by atoms with Crippen LogP contribution in [-0.2, 0) is 11.2 Å². The van der Waals surface area contributed by atoms with E-state index in [0.29, 0.717) is 17.7 Å². The Morgan fingerprint density at radius 2 is 1.64 bits per heavy atom. The molecule has 0 radical (unpaired) electrons. The normalized spacial score (nSPS) is 16.4. The van der Waals surface area contributed by atoms with Crippen LogP contribution in [0.3, 0.4) is 0 Å². The first-order valence-corrected chi connectivity index (χ1v) is 9.21. The molecule has 1 aliphatic heterocycles. The molecule has 4 rings (SSSR count). The van der Waals surface area contributed by atoms with E-state index in [1.54, 1.807) is 24.3 Å². The van der Waals surface area contributed by atoms with E-state index in [2.05, 4.69) is 10.3 Å². The molecule has 0 saturated heterocycles. The number of nitrogens with one attached hydrogen (secondary N) is 1. The Balaban J connectivity index is 1.57. The quantitative estimate of drug-likeness (QED) is 0.768. The molecule has 2 aromatic carbocycles. The molecule has 0 aliphatic carbocycles. The van der Waals surface area contributed by atoms with Crippen molar-refractivity contribution in [3.63, 3.8) is 0 Å². The van der Waals surface area contributed by atoms with E-state index in [9.17, 15) is 9.59 Å². The van der Waals surface area contributed by atoms with Crippen LogP contribution in [0.25, 0.3) is 11.1 Å². The first-order chi connectivity index (χ1) is 13.5. The molecule has 5 heteroatoms. The van der Waals surface area contributed by atoms with Gasteiger partial charge in [-0.2, -0.15) is 0 Å². The smallest absolute Gasteiger partial charge is 0.254 e. The van der Waals surface area contributed by atoms with Gasteiger partial charge in [0.15, 0.2) is 0 Å². The zero-order chi connectivity index (χ0) is 19.7. The number of amides is 2. The summed E-state index contributed by atoms with van der Waals surface area (Å²) in [6, 6.07) is 16.9. The molecule has 1 aromatic heterocycles. The molecule has 140 valence electrons. The van der Waals surface area contributed by atoms with Crippen molar-refractivity contribution in [1.29, 1.82) is 0 Å². The molecule has 1 atom stereocenters. The topological polar surface area (TPSA) is 62.3 Å². The molecular formula is C23H21N3O2. The van der Waals surface area contributed by atoms with E-state index in [1.165, 1.54) is 0 Å². The molecular weight excluding hydrogens is 350 g/mol. The lowest BCUT2D eigenvalue weighted by atomic mass is 10.0. The molecule has 0 spiro atoms. The number of fused-ring (bicyclic) bond motifs is 1. The number of benzene rings is 2. The van der Waals surface area contributed by atoms with Crippen molar-refractivity contribution in [3.8, 4) is 11.1 Å². The van der Waals surface area contributed by atoms with Gasteiger partial charge in [0.05, 0.1) is 11.3 Å². The number of carbonyl (C=O) groups excluding carboxylic acids is 2. The minimum atomic E-state index is -0.600. The summed E-state index contributed by atoms with van der Waals surface area (Å²) in [6.07, 6.45) is 3.97. The summed E-state index contributed by atoms with van der Waals surface area (Å²) in [5, 5.41) is 2.90. The summed E-state index contributed by atoms with van der Waals surface area (Å²) >= 11 is 0. The second kappa shape index (κ2) is 7.27. The van der Waals surface area contributed by atoms with Gasteiger partial charge in [-0.1, -0.05) is 35.9 Å². The fraction of sp³-hybridized carbons (Fsp3) is 0.174. The molecule has 1 N–H and O–H groups in total. The summed E-state index contributed by atoms with van der Waals surface area (Å²) in [5.41, 5.74) is 5.33. The molecule has 0 saturated carbocycles. The van der Waals surface area contributed by atoms with E-state index in [-0.39, 0.29) is 11.8 Å². The molecule has 0 fully saturated rings. The first kappa shape index (κ1) is 17.9. The Hall–Kier alpha value is -3.47. The van der Waals surface area contributed by atoms with Crippen molar-refractivity contribution >= 4 is 17.5 Å². The van der Waals surface area contributed by atoms with Crippen molar-refractivity contribution in [2.45, 2.75) is 19.4 Å². The maximum absolute atomic E-state index is 12.9. The van der Waals surface area contributed by atoms with Gasteiger partial charge in [0.1, 0.15) is 6.04 Å². The average Bonchev–Trinajstić information content (AvgIpc) is 2.80. The van der Waals surface area contributed by atoms with Gasteiger partial charge < -0.3 is 10.2 Å². The molecule has 3 aromatic rings. The van der Waals surface area contributed by atoms with E-state index >= 15 is 0 Å². The fourth-order valence-electron chi connectivity index (χ4n) is 3.53. The molecule has 2 heterocycles. The van der Waals surface area contributed by atoms with Crippen molar-refractivity contribution in [2.24, 2.45) is 0 Å². The zero-order valence-corrected chi connectivity index (χ0v) is 15.8. The number of pyridine rings is 1. The third kappa shape index (κ3) is 3.39. The van der Waals surface area contributed by atoms with Crippen LogP contribution in [0.15, 0.2) is 67.0 Å². The molecule has 2 amide bonds. The molecule has 5 nitrogen and oxygen atoms in total. The predicted octanol–water partition coefficient (Wildman–Crippen LogP) is 3.37. The highest BCUT2D eigenvalue weighted by molar-refractivity contribution is 6.10. The standard InChI is InChI=1S/C23H21N3O2/c1-15-3-8-21-19(13-15)22(27)25-20(23(28)26(21)2)14-16-4-6-17(7-5-16)18-9-11-24-12-10-18/h3-13,20H,14H2,1-2H3,(H,25,27). The summed E-state index contributed by atoms with van der Waals surface area (Å²) < 4.78 is 0. The van der Waals surface area contributed by atoms with Crippen LogP contribution in [0.4, 0.5) is 5.69 Å². The number of likely N-dealkylation sites (N-methyl/N-ethyl adjacent to an activating group) is 1. The summed E-state index contributed by atoms with van der Waals surface area (Å²) in [7, 11) is 1.72. The lowest BCUT2D eigenvalue weighted by Crippen LogP contribution is -2.45. The number of anilines is 1. The monoisotopic (exact) mass is 371 g/mol. The van der Waals surface area contributed by atoms with Gasteiger partial charge >= 0.3 is 0 Å². The van der Waals surface area contributed by atoms with Crippen LogP contribution in [0.5, 0.6) is 0 Å². The second-order valence-electron chi connectivity index (χ2n) is 7.08. The second-order valence-corrected chi connectivity index (χ2v) is 7.08. The maximum atomic E-state index is 12.9. The highest BCUT2D eigenvalue weighted by atomic mass is 16.2. The number of hydrogen-bond acceptors (Lipinski definition) is 3. The third-order valence-electron chi connectivity index (χ3n) is 5.10. The van der Waals surface area contributed by atoms with E-state index < -0.39 is 6.04 Å². The van der Waals surface area contributed by atoms with Crippen molar-refractivity contribution < 1.29 is 9.59 Å². The minimum Gasteiger partial charge on any atom is -0.340 e. The number of hydrogen-bond donors (Lipinski definition) is 1. The van der Waals surface area contributed by atoms with Crippen LogP contribution in [0, 0.1) is 6.92 Å². The predicted molar refractivity (Wildman–Crippen MR) is 109 cm³/mol. The number of nitrogens with zero attached hydrogens (tertiary/aromatic N) is 2. The average molecular weight is 371 g/mol.